The second kappa shape index (κ2) is 14.9. The van der Waals surface area contributed by atoms with Gasteiger partial charge in [0, 0.05) is 22.6 Å². The zero-order chi connectivity index (χ0) is 31.9. The minimum Gasteiger partial charge on any atom is -0.495 e. The van der Waals surface area contributed by atoms with E-state index < -0.39 is 28.5 Å². The Morgan fingerprint density at radius 2 is 1.58 bits per heavy atom. The molecule has 0 aromatic heterocycles. The molecule has 0 bridgehead atoms. The Kier molecular flexibility index (Phi) is 11.9. The molecule has 3 rings (SSSR count). The van der Waals surface area contributed by atoms with Crippen LogP contribution < -0.4 is 14.4 Å². The molecular weight excluding hydrogens is 609 g/mol. The van der Waals surface area contributed by atoms with E-state index in [-0.39, 0.29) is 41.2 Å². The fourth-order valence-electron chi connectivity index (χ4n) is 4.54. The molecule has 2 amide bonds. The average Bonchev–Trinajstić information content (AvgIpc) is 2.96. The molecule has 3 aromatic rings. The number of amides is 2. The summed E-state index contributed by atoms with van der Waals surface area (Å²) in [4.78, 5) is 29.2. The summed E-state index contributed by atoms with van der Waals surface area (Å²) in [6.07, 6.45) is 0.993. The number of carbonyl (C=O) groups is 2. The van der Waals surface area contributed by atoms with Crippen molar-refractivity contribution in [2.75, 3.05) is 18.0 Å². The minimum absolute atomic E-state index is 0.0170. The lowest BCUT2D eigenvalue weighted by atomic mass is 10.1. The van der Waals surface area contributed by atoms with Gasteiger partial charge in [0.15, 0.2) is 0 Å². The van der Waals surface area contributed by atoms with Crippen molar-refractivity contribution in [2.24, 2.45) is 0 Å². The van der Waals surface area contributed by atoms with E-state index in [0.717, 1.165) is 15.4 Å². The maximum Gasteiger partial charge on any atom is 0.264 e. The first-order valence-corrected chi connectivity index (χ1v) is 16.3. The van der Waals surface area contributed by atoms with Crippen LogP contribution in [0.3, 0.4) is 0 Å². The van der Waals surface area contributed by atoms with E-state index in [1.807, 2.05) is 27.7 Å². The second-order valence-corrected chi connectivity index (χ2v) is 13.2. The molecule has 0 unspecified atom stereocenters. The zero-order valence-electron chi connectivity index (χ0n) is 25.4. The van der Waals surface area contributed by atoms with E-state index in [2.05, 4.69) is 5.32 Å². The first-order chi connectivity index (χ1) is 20.3. The molecular formula is C32H39Cl2N3O5S. The number of hydrogen-bond donors (Lipinski definition) is 1. The molecule has 0 fully saturated rings. The Labute approximate surface area is 265 Å². The third kappa shape index (κ3) is 8.43. The van der Waals surface area contributed by atoms with Gasteiger partial charge in [-0.15, -0.1) is 0 Å². The summed E-state index contributed by atoms with van der Waals surface area (Å²) in [6, 6.07) is 15.4. The van der Waals surface area contributed by atoms with Gasteiger partial charge < -0.3 is 15.0 Å². The lowest BCUT2D eigenvalue weighted by Gasteiger charge is -2.34. The third-order valence-electron chi connectivity index (χ3n) is 7.23. The molecule has 3 aromatic carbocycles. The van der Waals surface area contributed by atoms with Crippen molar-refractivity contribution in [3.05, 3.63) is 87.4 Å². The minimum atomic E-state index is -4.25. The smallest absolute Gasteiger partial charge is 0.264 e. The van der Waals surface area contributed by atoms with E-state index in [1.54, 1.807) is 55.5 Å². The summed E-state index contributed by atoms with van der Waals surface area (Å²) in [5, 5.41) is 3.71. The number of carbonyl (C=O) groups excluding carboxylic acids is 2. The molecule has 8 nitrogen and oxygen atoms in total. The van der Waals surface area contributed by atoms with E-state index in [0.29, 0.717) is 22.0 Å². The van der Waals surface area contributed by atoms with Crippen molar-refractivity contribution in [3.8, 4) is 5.75 Å². The van der Waals surface area contributed by atoms with Crippen molar-refractivity contribution < 1.29 is 22.7 Å². The number of anilines is 1. The largest absolute Gasteiger partial charge is 0.495 e. The number of benzene rings is 3. The lowest BCUT2D eigenvalue weighted by Crippen LogP contribution is -2.53. The van der Waals surface area contributed by atoms with Gasteiger partial charge in [0.25, 0.3) is 10.0 Å². The number of halogens is 2. The van der Waals surface area contributed by atoms with Crippen LogP contribution in [0.4, 0.5) is 5.69 Å². The van der Waals surface area contributed by atoms with Crippen molar-refractivity contribution in [1.29, 1.82) is 0 Å². The summed E-state index contributed by atoms with van der Waals surface area (Å²) < 4.78 is 34.9. The van der Waals surface area contributed by atoms with Crippen LogP contribution in [0.25, 0.3) is 0 Å². The highest BCUT2D eigenvalue weighted by Crippen LogP contribution is 2.34. The molecule has 11 heteroatoms. The van der Waals surface area contributed by atoms with Gasteiger partial charge in [0.05, 0.1) is 17.7 Å². The molecule has 232 valence electrons. The quantitative estimate of drug-likeness (QED) is 0.227. The number of methoxy groups -OCH3 is 1. The van der Waals surface area contributed by atoms with Crippen LogP contribution >= 0.6 is 23.2 Å². The van der Waals surface area contributed by atoms with Gasteiger partial charge in [0.1, 0.15) is 18.3 Å². The zero-order valence-corrected chi connectivity index (χ0v) is 27.7. The number of ether oxygens (including phenoxy) is 1. The maximum absolute atomic E-state index is 14.3. The highest BCUT2D eigenvalue weighted by atomic mass is 35.5. The first-order valence-electron chi connectivity index (χ1n) is 14.1. The number of sulfonamides is 1. The molecule has 1 N–H and O–H groups in total. The molecule has 0 heterocycles. The van der Waals surface area contributed by atoms with Gasteiger partial charge in [-0.1, -0.05) is 66.9 Å². The monoisotopic (exact) mass is 647 g/mol. The van der Waals surface area contributed by atoms with Crippen LogP contribution in [0.1, 0.15) is 50.3 Å². The fourth-order valence-corrected chi connectivity index (χ4v) is 6.42. The Bertz CT molecular complexity index is 1550. The number of nitrogens with one attached hydrogen (secondary N) is 1. The van der Waals surface area contributed by atoms with Crippen LogP contribution in [0, 0.1) is 13.8 Å². The SMILES string of the molecule is CC[C@H](C(=O)N[C@@H](C)CC)N(Cc1ccc(Cl)cc1Cl)C(=O)CN(c1cc(C)ccc1OC)S(=O)(=O)c1ccc(C)cc1. The summed E-state index contributed by atoms with van der Waals surface area (Å²) in [7, 11) is -2.81. The molecule has 0 radical (unpaired) electrons. The second-order valence-electron chi connectivity index (χ2n) is 10.5. The van der Waals surface area contributed by atoms with Crippen LogP contribution in [0.15, 0.2) is 65.6 Å². The van der Waals surface area contributed by atoms with Gasteiger partial charge in [-0.3, -0.25) is 13.9 Å². The average molecular weight is 649 g/mol. The molecule has 0 saturated carbocycles. The Balaban J connectivity index is 2.15. The maximum atomic E-state index is 14.3. The molecule has 0 aliphatic rings. The Morgan fingerprint density at radius 1 is 0.930 bits per heavy atom. The van der Waals surface area contributed by atoms with Crippen molar-refractivity contribution in [3.63, 3.8) is 0 Å². The lowest BCUT2D eigenvalue weighted by molar-refractivity contribution is -0.140. The van der Waals surface area contributed by atoms with E-state index in [1.165, 1.54) is 24.1 Å². The topological polar surface area (TPSA) is 96.0 Å². The number of rotatable bonds is 13. The standard InChI is InChI=1S/C32H39Cl2N3O5S/c1-7-23(5)35-32(39)28(8-2)36(19-24-12-13-25(33)18-27(24)34)31(38)20-37(29-17-22(4)11-16-30(29)42-6)43(40,41)26-14-9-21(3)10-15-26/h9-18,23,28H,7-8,19-20H2,1-6H3,(H,35,39)/t23-,28+/m0/s1. The van der Waals surface area contributed by atoms with Gasteiger partial charge in [-0.05, 0) is 81.1 Å². The van der Waals surface area contributed by atoms with Crippen molar-refractivity contribution in [1.82, 2.24) is 10.2 Å². The molecule has 0 aliphatic carbocycles. The highest BCUT2D eigenvalue weighted by Gasteiger charge is 2.35. The van der Waals surface area contributed by atoms with Crippen LogP contribution in [-0.4, -0.2) is 50.9 Å². The predicted molar refractivity (Wildman–Crippen MR) is 172 cm³/mol. The summed E-state index contributed by atoms with van der Waals surface area (Å²) >= 11 is 12.6. The number of nitrogens with zero attached hydrogens (tertiary/aromatic N) is 2. The number of aryl methyl sites for hydroxylation is 2. The highest BCUT2D eigenvalue weighted by molar-refractivity contribution is 7.92. The van der Waals surface area contributed by atoms with E-state index >= 15 is 0 Å². The first kappa shape index (κ1) is 34.2. The van der Waals surface area contributed by atoms with Crippen LogP contribution in [0.5, 0.6) is 5.75 Å². The van der Waals surface area contributed by atoms with Crippen molar-refractivity contribution >= 4 is 50.7 Å². The Morgan fingerprint density at radius 3 is 2.16 bits per heavy atom. The fraction of sp³-hybridized carbons (Fsp3) is 0.375. The summed E-state index contributed by atoms with van der Waals surface area (Å²) in [5.41, 5.74) is 2.43. The van der Waals surface area contributed by atoms with Gasteiger partial charge in [-0.25, -0.2) is 8.42 Å². The van der Waals surface area contributed by atoms with Crippen LogP contribution in [-0.2, 0) is 26.2 Å². The molecule has 0 spiro atoms. The summed E-state index contributed by atoms with van der Waals surface area (Å²) in [6.45, 7) is 8.69. The molecule has 2 atom stereocenters. The van der Waals surface area contributed by atoms with Gasteiger partial charge >= 0.3 is 0 Å². The normalized spacial score (nSPS) is 12.7. The van der Waals surface area contributed by atoms with Crippen molar-refractivity contribution in [2.45, 2.75) is 71.0 Å². The molecule has 0 saturated heterocycles. The predicted octanol–water partition coefficient (Wildman–Crippen LogP) is 6.54. The summed E-state index contributed by atoms with van der Waals surface area (Å²) in [5.74, 6) is -0.643. The van der Waals surface area contributed by atoms with E-state index in [9.17, 15) is 18.0 Å². The molecule has 43 heavy (non-hydrogen) atoms. The Hall–Kier alpha value is -3.27. The van der Waals surface area contributed by atoms with E-state index in [4.69, 9.17) is 27.9 Å². The number of hydrogen-bond acceptors (Lipinski definition) is 5. The van der Waals surface area contributed by atoms with Gasteiger partial charge in [-0.2, -0.15) is 0 Å². The third-order valence-corrected chi connectivity index (χ3v) is 9.59. The molecule has 0 aliphatic heterocycles. The van der Waals surface area contributed by atoms with Crippen LogP contribution in [0.2, 0.25) is 10.0 Å². The van der Waals surface area contributed by atoms with Gasteiger partial charge in [0.2, 0.25) is 11.8 Å².